The Morgan fingerprint density at radius 3 is 2.95 bits per heavy atom. The number of nitrogens with one attached hydrogen (secondary N) is 1. The van der Waals surface area contributed by atoms with E-state index in [4.69, 9.17) is 4.74 Å². The number of piperazine rings is 1. The maximum Gasteiger partial charge on any atom is 0.293 e. The van der Waals surface area contributed by atoms with E-state index < -0.39 is 0 Å². The molecule has 0 radical (unpaired) electrons. The third-order valence-electron chi connectivity index (χ3n) is 3.49. The van der Waals surface area contributed by atoms with E-state index in [-0.39, 0.29) is 0 Å². The van der Waals surface area contributed by atoms with Gasteiger partial charge in [-0.2, -0.15) is 5.10 Å². The molecule has 0 saturated carbocycles. The number of hydrogen-bond donors (Lipinski definition) is 1. The Morgan fingerprint density at radius 2 is 2.15 bits per heavy atom. The number of nitrogens with zero attached hydrogens (tertiary/aromatic N) is 5. The van der Waals surface area contributed by atoms with Crippen LogP contribution in [0.1, 0.15) is 0 Å². The van der Waals surface area contributed by atoms with Crippen LogP contribution in [0.4, 0.5) is 5.82 Å². The van der Waals surface area contributed by atoms with Gasteiger partial charge in [0.15, 0.2) is 5.65 Å². The molecule has 2 aromatic heterocycles. The van der Waals surface area contributed by atoms with Crippen molar-refractivity contribution in [2.24, 2.45) is 0 Å². The van der Waals surface area contributed by atoms with E-state index >= 15 is 0 Å². The molecule has 3 heterocycles. The molecule has 0 amide bonds. The van der Waals surface area contributed by atoms with Crippen molar-refractivity contribution in [2.75, 3.05) is 44.2 Å². The van der Waals surface area contributed by atoms with Crippen LogP contribution >= 0.6 is 0 Å². The summed E-state index contributed by atoms with van der Waals surface area (Å²) in [6, 6.07) is 0. The predicted molar refractivity (Wildman–Crippen MR) is 72.4 cm³/mol. The largest absolute Gasteiger partial charge is 0.467 e. The summed E-state index contributed by atoms with van der Waals surface area (Å²) in [7, 11) is 0. The molecule has 1 aliphatic heterocycles. The quantitative estimate of drug-likeness (QED) is 0.590. The first kappa shape index (κ1) is 12.8. The fraction of sp³-hybridized carbons (Fsp3) is 0.500. The summed E-state index contributed by atoms with van der Waals surface area (Å²) in [6.45, 7) is 5.33. The zero-order chi connectivity index (χ0) is 13.8. The normalized spacial score (nSPS) is 16.5. The molecule has 0 spiro atoms. The van der Waals surface area contributed by atoms with Gasteiger partial charge < -0.3 is 9.64 Å². The summed E-state index contributed by atoms with van der Waals surface area (Å²) in [5.74, 6) is 0.924. The standard InChI is InChI=1S/C12H16N6O2/c19-9-20-6-5-17-1-3-18(4-2-17)12-10-7-15-16-11(10)13-8-14-12/h7-9H,1-6H2,(H,13,14,15,16). The number of rotatable bonds is 5. The van der Waals surface area contributed by atoms with Gasteiger partial charge in [0.2, 0.25) is 0 Å². The van der Waals surface area contributed by atoms with E-state index in [0.29, 0.717) is 13.1 Å². The van der Waals surface area contributed by atoms with Crippen molar-refractivity contribution in [3.05, 3.63) is 12.5 Å². The van der Waals surface area contributed by atoms with Gasteiger partial charge in [0.25, 0.3) is 6.47 Å². The van der Waals surface area contributed by atoms with Gasteiger partial charge in [0.05, 0.1) is 11.6 Å². The lowest BCUT2D eigenvalue weighted by atomic mass is 10.3. The molecule has 106 valence electrons. The van der Waals surface area contributed by atoms with Crippen LogP contribution < -0.4 is 4.90 Å². The van der Waals surface area contributed by atoms with E-state index in [0.717, 1.165) is 49.6 Å². The lowest BCUT2D eigenvalue weighted by Crippen LogP contribution is -2.47. The summed E-state index contributed by atoms with van der Waals surface area (Å²) in [6.07, 6.45) is 3.31. The van der Waals surface area contributed by atoms with Crippen LogP contribution in [0.2, 0.25) is 0 Å². The molecule has 2 aromatic rings. The van der Waals surface area contributed by atoms with Gasteiger partial charge in [-0.1, -0.05) is 0 Å². The Balaban J connectivity index is 1.63. The molecule has 3 rings (SSSR count). The number of carbonyl (C=O) groups is 1. The monoisotopic (exact) mass is 276 g/mol. The smallest absolute Gasteiger partial charge is 0.293 e. The van der Waals surface area contributed by atoms with Crippen LogP contribution in [0, 0.1) is 0 Å². The second-order valence-electron chi connectivity index (χ2n) is 4.63. The highest BCUT2D eigenvalue weighted by atomic mass is 16.5. The third-order valence-corrected chi connectivity index (χ3v) is 3.49. The molecular weight excluding hydrogens is 260 g/mol. The van der Waals surface area contributed by atoms with Gasteiger partial charge in [-0.05, 0) is 0 Å². The Labute approximate surface area is 115 Å². The average molecular weight is 276 g/mol. The van der Waals surface area contributed by atoms with Gasteiger partial charge in [-0.25, -0.2) is 9.97 Å². The van der Waals surface area contributed by atoms with E-state index in [2.05, 4.69) is 30.0 Å². The van der Waals surface area contributed by atoms with Crippen molar-refractivity contribution < 1.29 is 9.53 Å². The van der Waals surface area contributed by atoms with Crippen molar-refractivity contribution in [3.63, 3.8) is 0 Å². The minimum atomic E-state index is 0.447. The van der Waals surface area contributed by atoms with Crippen molar-refractivity contribution in [1.82, 2.24) is 25.1 Å². The zero-order valence-electron chi connectivity index (χ0n) is 11.0. The molecule has 8 heteroatoms. The van der Waals surface area contributed by atoms with Crippen molar-refractivity contribution >= 4 is 23.3 Å². The van der Waals surface area contributed by atoms with Gasteiger partial charge in [0, 0.05) is 32.7 Å². The Bertz CT molecular complexity index is 578. The number of aromatic nitrogens is 4. The van der Waals surface area contributed by atoms with E-state index in [1.165, 1.54) is 0 Å². The summed E-state index contributed by atoms with van der Waals surface area (Å²) in [4.78, 5) is 23.1. The van der Waals surface area contributed by atoms with E-state index in [1.54, 1.807) is 12.5 Å². The van der Waals surface area contributed by atoms with Crippen molar-refractivity contribution in [2.45, 2.75) is 0 Å². The molecule has 20 heavy (non-hydrogen) atoms. The Hall–Kier alpha value is -2.22. The lowest BCUT2D eigenvalue weighted by molar-refractivity contribution is -0.129. The summed E-state index contributed by atoms with van der Waals surface area (Å²) < 4.78 is 4.73. The Morgan fingerprint density at radius 1 is 1.30 bits per heavy atom. The minimum Gasteiger partial charge on any atom is -0.467 e. The van der Waals surface area contributed by atoms with Crippen LogP contribution in [0.25, 0.3) is 11.0 Å². The second-order valence-corrected chi connectivity index (χ2v) is 4.63. The highest BCUT2D eigenvalue weighted by molar-refractivity contribution is 5.86. The lowest BCUT2D eigenvalue weighted by Gasteiger charge is -2.35. The Kier molecular flexibility index (Phi) is 3.73. The minimum absolute atomic E-state index is 0.447. The first-order chi connectivity index (χ1) is 9.88. The molecule has 0 unspecified atom stereocenters. The van der Waals surface area contributed by atoms with Crippen LogP contribution in [-0.4, -0.2) is 70.9 Å². The number of anilines is 1. The first-order valence-corrected chi connectivity index (χ1v) is 6.55. The topological polar surface area (TPSA) is 87.2 Å². The summed E-state index contributed by atoms with van der Waals surface area (Å²) in [5.41, 5.74) is 0.761. The van der Waals surface area contributed by atoms with Gasteiger partial charge in [0.1, 0.15) is 18.8 Å². The molecule has 0 aromatic carbocycles. The second kappa shape index (κ2) is 5.83. The summed E-state index contributed by atoms with van der Waals surface area (Å²) in [5, 5.41) is 7.81. The number of fused-ring (bicyclic) bond motifs is 1. The van der Waals surface area contributed by atoms with Gasteiger partial charge in [-0.3, -0.25) is 14.8 Å². The van der Waals surface area contributed by atoms with Crippen LogP contribution in [0.3, 0.4) is 0 Å². The number of ether oxygens (including phenoxy) is 1. The highest BCUT2D eigenvalue weighted by Gasteiger charge is 2.20. The molecule has 1 N–H and O–H groups in total. The number of aromatic amines is 1. The van der Waals surface area contributed by atoms with Crippen molar-refractivity contribution in [1.29, 1.82) is 0 Å². The molecular formula is C12H16N6O2. The maximum absolute atomic E-state index is 10.1. The molecule has 1 aliphatic rings. The first-order valence-electron chi connectivity index (χ1n) is 6.55. The van der Waals surface area contributed by atoms with Gasteiger partial charge in [-0.15, -0.1) is 0 Å². The predicted octanol–water partition coefficient (Wildman–Crippen LogP) is -0.352. The molecule has 1 fully saturated rings. The third kappa shape index (κ3) is 2.55. The maximum atomic E-state index is 10.1. The van der Waals surface area contributed by atoms with Gasteiger partial charge >= 0.3 is 0 Å². The average Bonchev–Trinajstić information content (AvgIpc) is 2.97. The molecule has 0 bridgehead atoms. The highest BCUT2D eigenvalue weighted by Crippen LogP contribution is 2.21. The van der Waals surface area contributed by atoms with Crippen LogP contribution in [0.15, 0.2) is 12.5 Å². The number of hydrogen-bond acceptors (Lipinski definition) is 7. The molecule has 1 saturated heterocycles. The van der Waals surface area contributed by atoms with E-state index in [9.17, 15) is 4.79 Å². The fourth-order valence-electron chi connectivity index (χ4n) is 2.42. The van der Waals surface area contributed by atoms with Crippen LogP contribution in [-0.2, 0) is 9.53 Å². The van der Waals surface area contributed by atoms with Crippen LogP contribution in [0.5, 0.6) is 0 Å². The fourth-order valence-corrected chi connectivity index (χ4v) is 2.42. The molecule has 0 aliphatic carbocycles. The zero-order valence-corrected chi connectivity index (χ0v) is 11.0. The number of H-pyrrole nitrogens is 1. The summed E-state index contributed by atoms with van der Waals surface area (Å²) >= 11 is 0. The van der Waals surface area contributed by atoms with E-state index in [1.807, 2.05) is 0 Å². The number of carbonyl (C=O) groups excluding carboxylic acids is 1. The molecule has 0 atom stereocenters. The van der Waals surface area contributed by atoms with Crippen molar-refractivity contribution in [3.8, 4) is 0 Å². The molecule has 8 nitrogen and oxygen atoms in total. The SMILES string of the molecule is O=COCCN1CCN(c2ncnc3[nH]ncc23)CC1.